The second-order valence-corrected chi connectivity index (χ2v) is 7.73. The van der Waals surface area contributed by atoms with E-state index in [-0.39, 0.29) is 22.8 Å². The molecule has 1 aliphatic heterocycles. The quantitative estimate of drug-likeness (QED) is 0.302. The van der Waals surface area contributed by atoms with Crippen LogP contribution in [0.3, 0.4) is 0 Å². The molecule has 1 aromatic rings. The third-order valence-corrected chi connectivity index (χ3v) is 4.92. The number of amides is 2. The third kappa shape index (κ3) is 4.28. The summed E-state index contributed by atoms with van der Waals surface area (Å²) in [6.45, 7) is 6.39. The Balaban J connectivity index is 2.38. The van der Waals surface area contributed by atoms with Crippen LogP contribution in [0.15, 0.2) is 29.2 Å². The first kappa shape index (κ1) is 19.2. The van der Waals surface area contributed by atoms with Gasteiger partial charge in [-0.15, -0.1) is 11.8 Å². The summed E-state index contributed by atoms with van der Waals surface area (Å²) in [7, 11) is 0. The van der Waals surface area contributed by atoms with Crippen LogP contribution in [0.2, 0.25) is 0 Å². The first-order valence-electron chi connectivity index (χ1n) is 8.38. The van der Waals surface area contributed by atoms with Crippen LogP contribution in [0.4, 0.5) is 5.69 Å². The van der Waals surface area contributed by atoms with Gasteiger partial charge in [-0.05, 0) is 24.1 Å². The summed E-state index contributed by atoms with van der Waals surface area (Å²) in [5.74, 6) is -0.564. The average molecular weight is 362 g/mol. The van der Waals surface area contributed by atoms with E-state index >= 15 is 0 Å². The molecule has 0 fully saturated rings. The Morgan fingerprint density at radius 3 is 2.28 bits per heavy atom. The van der Waals surface area contributed by atoms with Gasteiger partial charge in [-0.1, -0.05) is 33.6 Å². The van der Waals surface area contributed by atoms with Crippen LogP contribution in [0, 0.1) is 10.1 Å². The van der Waals surface area contributed by atoms with Gasteiger partial charge < -0.3 is 0 Å². The normalized spacial score (nSPS) is 14.8. The van der Waals surface area contributed by atoms with Crippen LogP contribution in [0.25, 0.3) is 5.57 Å². The van der Waals surface area contributed by atoms with Gasteiger partial charge in [-0.2, -0.15) is 0 Å². The van der Waals surface area contributed by atoms with E-state index in [9.17, 15) is 19.7 Å². The molecule has 0 saturated carbocycles. The number of nitrogens with zero attached hydrogens (tertiary/aromatic N) is 2. The van der Waals surface area contributed by atoms with Crippen molar-refractivity contribution in [3.63, 3.8) is 0 Å². The molecule has 1 heterocycles. The number of non-ortho nitro benzene ring substituents is 1. The topological polar surface area (TPSA) is 80.5 Å². The fraction of sp³-hybridized carbons (Fsp3) is 0.444. The van der Waals surface area contributed by atoms with Crippen LogP contribution in [-0.4, -0.2) is 33.4 Å². The van der Waals surface area contributed by atoms with Gasteiger partial charge in [0.15, 0.2) is 0 Å². The summed E-state index contributed by atoms with van der Waals surface area (Å²) in [4.78, 5) is 37.6. The van der Waals surface area contributed by atoms with Gasteiger partial charge in [-0.25, -0.2) is 0 Å². The molecule has 0 unspecified atom stereocenters. The number of carbonyl (C=O) groups excluding carboxylic acids is 2. The van der Waals surface area contributed by atoms with Crippen molar-refractivity contribution in [3.05, 3.63) is 44.8 Å². The van der Waals surface area contributed by atoms with E-state index in [1.165, 1.54) is 40.9 Å². The molecule has 0 N–H and O–H groups in total. The molecule has 7 heteroatoms. The van der Waals surface area contributed by atoms with Gasteiger partial charge in [0.05, 0.1) is 15.4 Å². The zero-order valence-corrected chi connectivity index (χ0v) is 15.5. The molecule has 0 bridgehead atoms. The molecule has 0 atom stereocenters. The van der Waals surface area contributed by atoms with Crippen molar-refractivity contribution in [2.75, 3.05) is 6.54 Å². The van der Waals surface area contributed by atoms with E-state index in [1.807, 2.05) is 13.8 Å². The summed E-state index contributed by atoms with van der Waals surface area (Å²) >= 11 is 1.36. The fourth-order valence-corrected chi connectivity index (χ4v) is 3.63. The Morgan fingerprint density at radius 2 is 1.76 bits per heavy atom. The first-order chi connectivity index (χ1) is 11.9. The predicted molar refractivity (Wildman–Crippen MR) is 99.0 cm³/mol. The van der Waals surface area contributed by atoms with Crippen molar-refractivity contribution in [1.82, 2.24) is 4.90 Å². The lowest BCUT2D eigenvalue weighted by Crippen LogP contribution is -2.32. The van der Waals surface area contributed by atoms with Crippen LogP contribution in [-0.2, 0) is 9.59 Å². The highest BCUT2D eigenvalue weighted by Gasteiger charge is 2.39. The summed E-state index contributed by atoms with van der Waals surface area (Å²) in [6.07, 6.45) is 2.74. The number of hydrogen-bond donors (Lipinski definition) is 0. The lowest BCUT2D eigenvalue weighted by Gasteiger charge is -2.14. The predicted octanol–water partition coefficient (Wildman–Crippen LogP) is 4.01. The number of rotatable bonds is 8. The monoisotopic (exact) mass is 362 g/mol. The Morgan fingerprint density at radius 1 is 1.12 bits per heavy atom. The molecule has 0 saturated heterocycles. The maximum absolute atomic E-state index is 12.8. The molecule has 2 amide bonds. The molecular formula is C18H22N2O4S. The second kappa shape index (κ2) is 8.29. The molecule has 1 aliphatic rings. The molecular weight excluding hydrogens is 340 g/mol. The summed E-state index contributed by atoms with van der Waals surface area (Å²) < 4.78 is 0. The fourth-order valence-electron chi connectivity index (χ4n) is 2.63. The van der Waals surface area contributed by atoms with Crippen molar-refractivity contribution in [2.24, 2.45) is 0 Å². The van der Waals surface area contributed by atoms with Gasteiger partial charge in [0.1, 0.15) is 0 Å². The standard InChI is InChI=1S/C18H22N2O4S/c1-4-5-6-11-19-17(21)15(16(18(19)22)25-12(2)3)13-7-9-14(10-8-13)20(23)24/h7-10,12H,4-6,11H2,1-3H3. The maximum atomic E-state index is 12.8. The van der Waals surface area contributed by atoms with Crippen molar-refractivity contribution < 1.29 is 14.5 Å². The number of thioether (sulfide) groups is 1. The Labute approximate surface area is 151 Å². The first-order valence-corrected chi connectivity index (χ1v) is 9.26. The highest BCUT2D eigenvalue weighted by molar-refractivity contribution is 8.04. The van der Waals surface area contributed by atoms with E-state index in [0.29, 0.717) is 22.6 Å². The number of unbranched alkanes of at least 4 members (excludes halogenated alkanes) is 2. The smallest absolute Gasteiger partial charge is 0.269 e. The molecule has 0 spiro atoms. The molecule has 134 valence electrons. The Hall–Kier alpha value is -2.15. The van der Waals surface area contributed by atoms with E-state index in [0.717, 1.165) is 19.3 Å². The van der Waals surface area contributed by atoms with Gasteiger partial charge in [0.2, 0.25) is 0 Å². The van der Waals surface area contributed by atoms with Crippen LogP contribution < -0.4 is 0 Å². The minimum absolute atomic E-state index is 0.0426. The second-order valence-electron chi connectivity index (χ2n) is 6.14. The molecule has 0 aliphatic carbocycles. The van der Waals surface area contributed by atoms with Gasteiger partial charge >= 0.3 is 0 Å². The SMILES string of the molecule is CCCCCN1C(=O)C(SC(C)C)=C(c2ccc([N+](=O)[O-])cc2)C1=O. The van der Waals surface area contributed by atoms with Crippen molar-refractivity contribution >= 4 is 34.8 Å². The molecule has 0 aromatic heterocycles. The molecule has 0 radical (unpaired) electrons. The Bertz CT molecular complexity index is 710. The summed E-state index contributed by atoms with van der Waals surface area (Å²) in [6, 6.07) is 5.79. The Kier molecular flexibility index (Phi) is 6.36. The lowest BCUT2D eigenvalue weighted by molar-refractivity contribution is -0.384. The van der Waals surface area contributed by atoms with Crippen molar-refractivity contribution in [3.8, 4) is 0 Å². The zero-order chi connectivity index (χ0) is 18.6. The largest absolute Gasteiger partial charge is 0.274 e. The van der Waals surface area contributed by atoms with Crippen LogP contribution in [0.1, 0.15) is 45.6 Å². The molecule has 6 nitrogen and oxygen atoms in total. The van der Waals surface area contributed by atoms with Crippen LogP contribution >= 0.6 is 11.8 Å². The number of nitro benzene ring substituents is 1. The average Bonchev–Trinajstić information content (AvgIpc) is 2.79. The molecule has 2 rings (SSSR count). The van der Waals surface area contributed by atoms with Crippen molar-refractivity contribution in [2.45, 2.75) is 45.3 Å². The maximum Gasteiger partial charge on any atom is 0.269 e. The zero-order valence-electron chi connectivity index (χ0n) is 14.7. The van der Waals surface area contributed by atoms with Crippen molar-refractivity contribution in [1.29, 1.82) is 0 Å². The molecule has 1 aromatic carbocycles. The van der Waals surface area contributed by atoms with Crippen LogP contribution in [0.5, 0.6) is 0 Å². The lowest BCUT2D eigenvalue weighted by atomic mass is 10.1. The highest BCUT2D eigenvalue weighted by atomic mass is 32.2. The number of imide groups is 1. The third-order valence-electron chi connectivity index (χ3n) is 3.83. The van der Waals surface area contributed by atoms with Gasteiger partial charge in [0.25, 0.3) is 17.5 Å². The van der Waals surface area contributed by atoms with Gasteiger partial charge in [0, 0.05) is 23.9 Å². The van der Waals surface area contributed by atoms with E-state index < -0.39 is 4.92 Å². The number of benzene rings is 1. The molecule has 25 heavy (non-hydrogen) atoms. The summed E-state index contributed by atoms with van der Waals surface area (Å²) in [5.41, 5.74) is 0.860. The van der Waals surface area contributed by atoms with E-state index in [4.69, 9.17) is 0 Å². The van der Waals surface area contributed by atoms with E-state index in [2.05, 4.69) is 6.92 Å². The van der Waals surface area contributed by atoms with E-state index in [1.54, 1.807) is 0 Å². The minimum atomic E-state index is -0.486. The number of hydrogen-bond acceptors (Lipinski definition) is 5. The number of nitro groups is 1. The summed E-state index contributed by atoms with van der Waals surface area (Å²) in [5, 5.41) is 11.0. The highest BCUT2D eigenvalue weighted by Crippen LogP contribution is 2.38. The number of carbonyl (C=O) groups is 2. The van der Waals surface area contributed by atoms with Gasteiger partial charge in [-0.3, -0.25) is 24.6 Å². The minimum Gasteiger partial charge on any atom is -0.274 e.